The van der Waals surface area contributed by atoms with Gasteiger partial charge in [-0.1, -0.05) is 43.2 Å². The molecule has 0 saturated heterocycles. The Hall–Kier alpha value is -0.820. The first-order valence-electron chi connectivity index (χ1n) is 6.58. The van der Waals surface area contributed by atoms with Gasteiger partial charge in [-0.25, -0.2) is 0 Å². The zero-order valence-electron chi connectivity index (χ0n) is 10.5. The molecule has 1 unspecified atom stereocenters. The number of hydrogen-bond donors (Lipinski definition) is 1. The van der Waals surface area contributed by atoms with Crippen molar-refractivity contribution in [2.45, 2.75) is 52.1 Å². The van der Waals surface area contributed by atoms with E-state index in [1.807, 2.05) is 0 Å². The van der Waals surface area contributed by atoms with E-state index in [1.165, 1.54) is 36.8 Å². The maximum absolute atomic E-state index is 3.72. The summed E-state index contributed by atoms with van der Waals surface area (Å²) in [6.07, 6.45) is 5.50. The molecule has 0 radical (unpaired) electrons. The molecule has 1 N–H and O–H groups in total. The Morgan fingerprint density at radius 1 is 1.25 bits per heavy atom. The molecule has 16 heavy (non-hydrogen) atoms. The van der Waals surface area contributed by atoms with Crippen LogP contribution >= 0.6 is 0 Å². The zero-order valence-corrected chi connectivity index (χ0v) is 10.5. The van der Waals surface area contributed by atoms with Crippen LogP contribution < -0.4 is 5.32 Å². The summed E-state index contributed by atoms with van der Waals surface area (Å²) < 4.78 is 0. The Morgan fingerprint density at radius 3 is 2.50 bits per heavy atom. The molecule has 1 aliphatic rings. The van der Waals surface area contributed by atoms with Crippen molar-refractivity contribution >= 4 is 0 Å². The van der Waals surface area contributed by atoms with Gasteiger partial charge in [0.05, 0.1) is 0 Å². The summed E-state index contributed by atoms with van der Waals surface area (Å²) in [7, 11) is 0. The quantitative estimate of drug-likeness (QED) is 0.766. The summed E-state index contributed by atoms with van der Waals surface area (Å²) in [5, 5.41) is 3.72. The number of benzene rings is 1. The van der Waals surface area contributed by atoms with Crippen molar-refractivity contribution in [2.24, 2.45) is 5.92 Å². The van der Waals surface area contributed by atoms with Crippen LogP contribution in [-0.2, 0) is 6.54 Å². The van der Waals surface area contributed by atoms with Gasteiger partial charge < -0.3 is 5.32 Å². The van der Waals surface area contributed by atoms with Gasteiger partial charge in [-0.2, -0.15) is 0 Å². The third-order valence-electron chi connectivity index (χ3n) is 3.48. The highest BCUT2D eigenvalue weighted by Crippen LogP contribution is 2.34. The summed E-state index contributed by atoms with van der Waals surface area (Å²) in [6.45, 7) is 5.45. The smallest absolute Gasteiger partial charge is 0.0208 e. The first-order chi connectivity index (χ1) is 7.79. The summed E-state index contributed by atoms with van der Waals surface area (Å²) in [5.74, 6) is 0.963. The van der Waals surface area contributed by atoms with E-state index >= 15 is 0 Å². The van der Waals surface area contributed by atoms with E-state index in [-0.39, 0.29) is 0 Å². The number of nitrogens with one attached hydrogen (secondary N) is 1. The summed E-state index contributed by atoms with van der Waals surface area (Å²) in [6, 6.07) is 9.62. The lowest BCUT2D eigenvalue weighted by molar-refractivity contribution is 0.430. The molecular weight excluding hydrogens is 194 g/mol. The molecule has 88 valence electrons. The maximum Gasteiger partial charge on any atom is 0.0208 e. The van der Waals surface area contributed by atoms with Crippen molar-refractivity contribution in [2.75, 3.05) is 0 Å². The van der Waals surface area contributed by atoms with Gasteiger partial charge in [0.25, 0.3) is 0 Å². The second kappa shape index (κ2) is 5.49. The predicted molar refractivity (Wildman–Crippen MR) is 69.4 cm³/mol. The minimum absolute atomic E-state index is 0.756. The van der Waals surface area contributed by atoms with Crippen LogP contribution in [0.15, 0.2) is 24.3 Å². The SMILES string of the molecule is CCCC(NCc1ccc(C)cc1)C1CC1. The number of rotatable bonds is 6. The second-order valence-corrected chi connectivity index (χ2v) is 5.10. The molecule has 1 fully saturated rings. The minimum atomic E-state index is 0.756. The normalized spacial score (nSPS) is 17.4. The highest BCUT2D eigenvalue weighted by atomic mass is 14.9. The molecule has 1 atom stereocenters. The molecule has 0 amide bonds. The molecule has 1 aliphatic carbocycles. The lowest BCUT2D eigenvalue weighted by Gasteiger charge is -2.17. The highest BCUT2D eigenvalue weighted by molar-refractivity contribution is 5.21. The molecule has 1 saturated carbocycles. The third-order valence-corrected chi connectivity index (χ3v) is 3.48. The molecule has 0 aromatic heterocycles. The van der Waals surface area contributed by atoms with Crippen LogP contribution in [-0.4, -0.2) is 6.04 Å². The second-order valence-electron chi connectivity index (χ2n) is 5.10. The number of aryl methyl sites for hydroxylation is 1. The number of hydrogen-bond acceptors (Lipinski definition) is 1. The molecule has 0 heterocycles. The molecule has 0 spiro atoms. The van der Waals surface area contributed by atoms with Crippen molar-refractivity contribution in [3.8, 4) is 0 Å². The van der Waals surface area contributed by atoms with Gasteiger partial charge in [0.2, 0.25) is 0 Å². The standard InChI is InChI=1S/C15H23N/c1-3-4-15(14-9-10-14)16-11-13-7-5-12(2)6-8-13/h5-8,14-16H,3-4,9-11H2,1-2H3. The minimum Gasteiger partial charge on any atom is -0.310 e. The van der Waals surface area contributed by atoms with Crippen molar-refractivity contribution < 1.29 is 0 Å². The van der Waals surface area contributed by atoms with E-state index in [2.05, 4.69) is 43.4 Å². The maximum atomic E-state index is 3.72. The van der Waals surface area contributed by atoms with Gasteiger partial charge in [-0.15, -0.1) is 0 Å². The van der Waals surface area contributed by atoms with E-state index in [0.717, 1.165) is 18.5 Å². The Kier molecular flexibility index (Phi) is 4.00. The van der Waals surface area contributed by atoms with Crippen LogP contribution in [0.1, 0.15) is 43.7 Å². The van der Waals surface area contributed by atoms with Crippen molar-refractivity contribution in [1.29, 1.82) is 0 Å². The molecule has 0 aliphatic heterocycles. The van der Waals surface area contributed by atoms with E-state index in [0.29, 0.717) is 0 Å². The van der Waals surface area contributed by atoms with Crippen LogP contribution in [0.5, 0.6) is 0 Å². The summed E-state index contributed by atoms with van der Waals surface area (Å²) in [4.78, 5) is 0. The monoisotopic (exact) mass is 217 g/mol. The molecule has 1 nitrogen and oxygen atoms in total. The summed E-state index contributed by atoms with van der Waals surface area (Å²) >= 11 is 0. The average Bonchev–Trinajstić information content (AvgIpc) is 3.10. The summed E-state index contributed by atoms with van der Waals surface area (Å²) in [5.41, 5.74) is 2.75. The first kappa shape index (κ1) is 11.7. The van der Waals surface area contributed by atoms with Crippen LogP contribution in [0.25, 0.3) is 0 Å². The molecule has 1 aromatic carbocycles. The lowest BCUT2D eigenvalue weighted by atomic mass is 10.1. The van der Waals surface area contributed by atoms with Gasteiger partial charge in [0.1, 0.15) is 0 Å². The van der Waals surface area contributed by atoms with E-state index in [1.54, 1.807) is 0 Å². The molecule has 0 bridgehead atoms. The molecule has 2 rings (SSSR count). The predicted octanol–water partition coefficient (Wildman–Crippen LogP) is 3.66. The van der Waals surface area contributed by atoms with Crippen molar-refractivity contribution in [1.82, 2.24) is 5.32 Å². The van der Waals surface area contributed by atoms with Gasteiger partial charge in [-0.05, 0) is 37.7 Å². The fraction of sp³-hybridized carbons (Fsp3) is 0.600. The Bertz CT molecular complexity index is 311. The molecule has 1 heteroatoms. The van der Waals surface area contributed by atoms with Gasteiger partial charge in [0, 0.05) is 12.6 Å². The fourth-order valence-electron chi connectivity index (χ4n) is 2.27. The van der Waals surface area contributed by atoms with E-state index < -0.39 is 0 Å². The molecule has 1 aromatic rings. The first-order valence-corrected chi connectivity index (χ1v) is 6.58. The van der Waals surface area contributed by atoms with Crippen LogP contribution in [0.3, 0.4) is 0 Å². The van der Waals surface area contributed by atoms with Gasteiger partial charge >= 0.3 is 0 Å². The third kappa shape index (κ3) is 3.34. The van der Waals surface area contributed by atoms with E-state index in [9.17, 15) is 0 Å². The highest BCUT2D eigenvalue weighted by Gasteiger charge is 2.29. The van der Waals surface area contributed by atoms with Crippen LogP contribution in [0, 0.1) is 12.8 Å². The Balaban J connectivity index is 1.82. The van der Waals surface area contributed by atoms with Crippen LogP contribution in [0.4, 0.5) is 0 Å². The lowest BCUT2D eigenvalue weighted by Crippen LogP contribution is -2.30. The average molecular weight is 217 g/mol. The van der Waals surface area contributed by atoms with Gasteiger partial charge in [-0.3, -0.25) is 0 Å². The van der Waals surface area contributed by atoms with Gasteiger partial charge in [0.15, 0.2) is 0 Å². The van der Waals surface area contributed by atoms with E-state index in [4.69, 9.17) is 0 Å². The Morgan fingerprint density at radius 2 is 1.94 bits per heavy atom. The van der Waals surface area contributed by atoms with Crippen molar-refractivity contribution in [3.63, 3.8) is 0 Å². The Labute approximate surface area is 99.3 Å². The fourth-order valence-corrected chi connectivity index (χ4v) is 2.27. The largest absolute Gasteiger partial charge is 0.310 e. The zero-order chi connectivity index (χ0) is 11.4. The topological polar surface area (TPSA) is 12.0 Å². The molecular formula is C15H23N. The van der Waals surface area contributed by atoms with Crippen molar-refractivity contribution in [3.05, 3.63) is 35.4 Å². The van der Waals surface area contributed by atoms with Crippen LogP contribution in [0.2, 0.25) is 0 Å².